The molecule has 0 nitrogen and oxygen atoms in total. The van der Waals surface area contributed by atoms with Crippen LogP contribution in [-0.2, 0) is 0 Å². The Morgan fingerprint density at radius 1 is 1.08 bits per heavy atom. The molecule has 0 unspecified atom stereocenters. The molecule has 0 saturated carbocycles. The topological polar surface area (TPSA) is 0 Å². The van der Waals surface area contributed by atoms with Crippen LogP contribution in [0.25, 0.3) is 0 Å². The molecule has 1 rings (SSSR count). The normalized spacial score (nSPS) is 18.7. The number of hydrogen-bond acceptors (Lipinski definition) is 0. The lowest BCUT2D eigenvalue weighted by Gasteiger charge is -2.18. The number of hydrogen-bond donors (Lipinski definition) is 0. The van der Waals surface area contributed by atoms with Crippen LogP contribution in [0.1, 0.15) is 33.6 Å². The molecule has 0 radical (unpaired) electrons. The molecular weight excluding hydrogens is 156 g/mol. The summed E-state index contributed by atoms with van der Waals surface area (Å²) in [5.74, 6) is 0. The van der Waals surface area contributed by atoms with Crippen molar-refractivity contribution in [3.63, 3.8) is 0 Å². The van der Waals surface area contributed by atoms with Crippen molar-refractivity contribution in [1.82, 2.24) is 0 Å². The Bertz CT molecular complexity index is 298. The molecule has 0 saturated heterocycles. The highest BCUT2D eigenvalue weighted by atomic mass is 14.2. The van der Waals surface area contributed by atoms with Crippen LogP contribution in [0, 0.1) is 0 Å². The molecule has 0 fully saturated rings. The van der Waals surface area contributed by atoms with Crippen molar-refractivity contribution >= 4 is 0 Å². The molecule has 13 heavy (non-hydrogen) atoms. The molecule has 0 aromatic heterocycles. The third kappa shape index (κ3) is 2.21. The molecular formula is C13H18. The van der Waals surface area contributed by atoms with E-state index in [1.807, 2.05) is 12.2 Å². The molecule has 0 atom stereocenters. The van der Waals surface area contributed by atoms with Gasteiger partial charge < -0.3 is 0 Å². The summed E-state index contributed by atoms with van der Waals surface area (Å²) in [6.45, 7) is 10.3. The number of rotatable bonds is 2. The predicted octanol–water partition coefficient (Wildman–Crippen LogP) is 4.18. The zero-order valence-electron chi connectivity index (χ0n) is 8.85. The summed E-state index contributed by atoms with van der Waals surface area (Å²) >= 11 is 0. The van der Waals surface area contributed by atoms with Gasteiger partial charge in [0.2, 0.25) is 0 Å². The van der Waals surface area contributed by atoms with Gasteiger partial charge in [-0.2, -0.15) is 0 Å². The van der Waals surface area contributed by atoms with Crippen molar-refractivity contribution < 1.29 is 0 Å². The Labute approximate surface area is 81.4 Å². The number of allylic oxidation sites excluding steroid dienone is 7. The van der Waals surface area contributed by atoms with Crippen LogP contribution >= 0.6 is 0 Å². The van der Waals surface area contributed by atoms with E-state index in [4.69, 9.17) is 0 Å². The van der Waals surface area contributed by atoms with Gasteiger partial charge in [0.15, 0.2) is 0 Å². The molecule has 0 aromatic carbocycles. The molecule has 0 heteroatoms. The van der Waals surface area contributed by atoms with E-state index in [-0.39, 0.29) is 0 Å². The average Bonchev–Trinajstić information content (AvgIpc) is 2.12. The van der Waals surface area contributed by atoms with E-state index in [0.717, 1.165) is 0 Å². The fraction of sp³-hybridized carbons (Fsp3) is 0.385. The smallest absolute Gasteiger partial charge is 0.0239 e. The highest BCUT2D eigenvalue weighted by molar-refractivity contribution is 5.47. The standard InChI is InChI=1S/C13H18/c1-5-6-7-13-11(3)9-8-10(2)12(13)4/h5-7H,1,8-9H2,2-4H3/b7-6-. The highest BCUT2D eigenvalue weighted by Gasteiger charge is 2.10. The minimum atomic E-state index is 1.21. The van der Waals surface area contributed by atoms with E-state index < -0.39 is 0 Å². The van der Waals surface area contributed by atoms with Crippen LogP contribution in [0.3, 0.4) is 0 Å². The first-order valence-electron chi connectivity index (χ1n) is 4.82. The Kier molecular flexibility index (Phi) is 3.30. The van der Waals surface area contributed by atoms with Gasteiger partial charge >= 0.3 is 0 Å². The van der Waals surface area contributed by atoms with Crippen LogP contribution in [-0.4, -0.2) is 0 Å². The van der Waals surface area contributed by atoms with Crippen molar-refractivity contribution in [2.24, 2.45) is 0 Å². The lowest BCUT2D eigenvalue weighted by molar-refractivity contribution is 0.873. The Morgan fingerprint density at radius 2 is 1.69 bits per heavy atom. The fourth-order valence-corrected chi connectivity index (χ4v) is 1.68. The average molecular weight is 174 g/mol. The van der Waals surface area contributed by atoms with Crippen molar-refractivity contribution in [3.05, 3.63) is 47.1 Å². The molecule has 0 spiro atoms. The molecule has 0 N–H and O–H groups in total. The highest BCUT2D eigenvalue weighted by Crippen LogP contribution is 2.30. The van der Waals surface area contributed by atoms with Gasteiger partial charge in [0.05, 0.1) is 0 Å². The van der Waals surface area contributed by atoms with Crippen molar-refractivity contribution in [1.29, 1.82) is 0 Å². The first kappa shape index (κ1) is 10.0. The second kappa shape index (κ2) is 4.27. The van der Waals surface area contributed by atoms with Crippen LogP contribution in [0.2, 0.25) is 0 Å². The summed E-state index contributed by atoms with van der Waals surface area (Å²) in [5, 5.41) is 0. The van der Waals surface area contributed by atoms with Gasteiger partial charge in [-0.1, -0.05) is 36.0 Å². The van der Waals surface area contributed by atoms with Gasteiger partial charge in [-0.3, -0.25) is 0 Å². The van der Waals surface area contributed by atoms with Crippen LogP contribution < -0.4 is 0 Å². The quantitative estimate of drug-likeness (QED) is 0.551. The Morgan fingerprint density at radius 3 is 2.31 bits per heavy atom. The van der Waals surface area contributed by atoms with E-state index in [0.29, 0.717) is 0 Å². The minimum Gasteiger partial charge on any atom is -0.0991 e. The van der Waals surface area contributed by atoms with Gasteiger partial charge in [-0.25, -0.2) is 0 Å². The monoisotopic (exact) mass is 174 g/mol. The van der Waals surface area contributed by atoms with Gasteiger partial charge in [-0.05, 0) is 44.8 Å². The maximum Gasteiger partial charge on any atom is -0.0239 e. The van der Waals surface area contributed by atoms with E-state index in [9.17, 15) is 0 Å². The third-order valence-electron chi connectivity index (χ3n) is 2.78. The second-order valence-electron chi connectivity index (χ2n) is 3.69. The molecule has 0 aliphatic heterocycles. The van der Waals surface area contributed by atoms with Gasteiger partial charge in [0.1, 0.15) is 0 Å². The molecule has 0 heterocycles. The zero-order valence-corrected chi connectivity index (χ0v) is 8.85. The van der Waals surface area contributed by atoms with Gasteiger partial charge in [0.25, 0.3) is 0 Å². The van der Waals surface area contributed by atoms with E-state index in [2.05, 4.69) is 33.4 Å². The molecule has 0 bridgehead atoms. The molecule has 0 amide bonds. The summed E-state index contributed by atoms with van der Waals surface area (Å²) in [6.07, 6.45) is 8.45. The summed E-state index contributed by atoms with van der Waals surface area (Å²) in [7, 11) is 0. The fourth-order valence-electron chi connectivity index (χ4n) is 1.68. The molecule has 1 aliphatic carbocycles. The maximum absolute atomic E-state index is 3.69. The maximum atomic E-state index is 3.69. The Balaban J connectivity index is 3.03. The second-order valence-corrected chi connectivity index (χ2v) is 3.69. The van der Waals surface area contributed by atoms with Crippen molar-refractivity contribution in [3.8, 4) is 0 Å². The first-order chi connectivity index (χ1) is 6.16. The predicted molar refractivity (Wildman–Crippen MR) is 59.6 cm³/mol. The Hall–Kier alpha value is -1.04. The van der Waals surface area contributed by atoms with E-state index in [1.165, 1.54) is 35.1 Å². The molecule has 70 valence electrons. The van der Waals surface area contributed by atoms with Crippen LogP contribution in [0.4, 0.5) is 0 Å². The van der Waals surface area contributed by atoms with Crippen LogP contribution in [0.5, 0.6) is 0 Å². The summed E-state index contributed by atoms with van der Waals surface area (Å²) < 4.78 is 0. The molecule has 0 aromatic rings. The first-order valence-corrected chi connectivity index (χ1v) is 4.82. The zero-order chi connectivity index (χ0) is 9.84. The lowest BCUT2D eigenvalue weighted by Crippen LogP contribution is -1.99. The van der Waals surface area contributed by atoms with E-state index in [1.54, 1.807) is 0 Å². The SMILES string of the molecule is C=C/C=C\C1=C(C)CCC(C)=C1C. The third-order valence-corrected chi connectivity index (χ3v) is 2.78. The van der Waals surface area contributed by atoms with Crippen LogP contribution in [0.15, 0.2) is 47.1 Å². The van der Waals surface area contributed by atoms with Crippen molar-refractivity contribution in [2.45, 2.75) is 33.6 Å². The summed E-state index contributed by atoms with van der Waals surface area (Å²) in [4.78, 5) is 0. The summed E-state index contributed by atoms with van der Waals surface area (Å²) in [5.41, 5.74) is 5.88. The van der Waals surface area contributed by atoms with Gasteiger partial charge in [0, 0.05) is 0 Å². The largest absolute Gasteiger partial charge is 0.0991 e. The van der Waals surface area contributed by atoms with Gasteiger partial charge in [-0.15, -0.1) is 0 Å². The van der Waals surface area contributed by atoms with Crippen molar-refractivity contribution in [2.75, 3.05) is 0 Å². The van der Waals surface area contributed by atoms with E-state index >= 15 is 0 Å². The lowest BCUT2D eigenvalue weighted by atomic mass is 9.87. The summed E-state index contributed by atoms with van der Waals surface area (Å²) in [6, 6.07) is 0. The molecule has 1 aliphatic rings. The minimum absolute atomic E-state index is 1.21.